The topological polar surface area (TPSA) is 84.7 Å². The molecule has 2 aromatic rings. The number of nitrogens with one attached hydrogen (secondary N) is 1. The van der Waals surface area contributed by atoms with Gasteiger partial charge in [0.05, 0.1) is 25.3 Å². The molecule has 1 fully saturated rings. The van der Waals surface area contributed by atoms with E-state index in [4.69, 9.17) is 9.15 Å². The second kappa shape index (κ2) is 7.16. The molecule has 126 valence electrons. The summed E-state index contributed by atoms with van der Waals surface area (Å²) in [5.41, 5.74) is 0.634. The Hall–Kier alpha value is -2.83. The van der Waals surface area contributed by atoms with Gasteiger partial charge in [-0.1, -0.05) is 0 Å². The van der Waals surface area contributed by atoms with Crippen LogP contribution in [0.25, 0.3) is 0 Å². The maximum absolute atomic E-state index is 12.3. The van der Waals surface area contributed by atoms with Crippen LogP contribution in [0.2, 0.25) is 0 Å². The Morgan fingerprint density at radius 1 is 1.29 bits per heavy atom. The summed E-state index contributed by atoms with van der Waals surface area (Å²) in [7, 11) is 1.54. The van der Waals surface area contributed by atoms with Gasteiger partial charge in [-0.25, -0.2) is 4.98 Å². The fraction of sp³-hybridized carbons (Fsp3) is 0.353. The lowest BCUT2D eigenvalue weighted by Gasteiger charge is -2.30. The number of rotatable bonds is 4. The van der Waals surface area contributed by atoms with Gasteiger partial charge in [0.2, 0.25) is 11.8 Å². The van der Waals surface area contributed by atoms with E-state index in [9.17, 15) is 9.59 Å². The number of hydrogen-bond acceptors (Lipinski definition) is 5. The van der Waals surface area contributed by atoms with Gasteiger partial charge in [-0.05, 0) is 31.0 Å². The van der Waals surface area contributed by atoms with E-state index in [1.165, 1.54) is 6.26 Å². The van der Waals surface area contributed by atoms with Crippen LogP contribution >= 0.6 is 0 Å². The minimum absolute atomic E-state index is 0.0490. The van der Waals surface area contributed by atoms with Crippen LogP contribution in [0.5, 0.6) is 5.88 Å². The first-order valence-corrected chi connectivity index (χ1v) is 7.81. The van der Waals surface area contributed by atoms with Crippen LogP contribution < -0.4 is 10.1 Å². The molecule has 0 atom stereocenters. The Labute approximate surface area is 139 Å². The van der Waals surface area contributed by atoms with Crippen LogP contribution in [0.15, 0.2) is 41.1 Å². The first kappa shape index (κ1) is 16.0. The number of nitrogens with zero attached hydrogens (tertiary/aromatic N) is 2. The van der Waals surface area contributed by atoms with Gasteiger partial charge >= 0.3 is 0 Å². The van der Waals surface area contributed by atoms with E-state index in [1.807, 2.05) is 0 Å². The predicted molar refractivity (Wildman–Crippen MR) is 86.8 cm³/mol. The molecule has 0 radical (unpaired) electrons. The summed E-state index contributed by atoms with van der Waals surface area (Å²) in [5, 5.41) is 2.86. The molecule has 2 amide bonds. The number of aromatic nitrogens is 1. The van der Waals surface area contributed by atoms with E-state index in [-0.39, 0.29) is 17.7 Å². The number of carbonyl (C=O) groups excluding carboxylic acids is 2. The van der Waals surface area contributed by atoms with Crippen molar-refractivity contribution in [3.63, 3.8) is 0 Å². The standard InChI is InChI=1S/C17H19N3O4/c1-23-15-5-4-13(11-18-15)19-16(21)12-6-8-20(9-7-12)17(22)14-3-2-10-24-14/h2-5,10-12H,6-9H2,1H3,(H,19,21). The van der Waals surface area contributed by atoms with Crippen LogP contribution in [-0.2, 0) is 4.79 Å². The molecule has 7 nitrogen and oxygen atoms in total. The van der Waals surface area contributed by atoms with Gasteiger partial charge in [-0.2, -0.15) is 0 Å². The summed E-state index contributed by atoms with van der Waals surface area (Å²) in [5.74, 6) is 0.540. The fourth-order valence-corrected chi connectivity index (χ4v) is 2.72. The normalized spacial score (nSPS) is 15.1. The summed E-state index contributed by atoms with van der Waals surface area (Å²) < 4.78 is 10.1. The Bertz CT molecular complexity index is 689. The van der Waals surface area contributed by atoms with Crippen molar-refractivity contribution in [1.29, 1.82) is 0 Å². The predicted octanol–water partition coefficient (Wildman–Crippen LogP) is 2.17. The Morgan fingerprint density at radius 3 is 2.67 bits per heavy atom. The molecule has 1 aliphatic rings. The Morgan fingerprint density at radius 2 is 2.08 bits per heavy atom. The summed E-state index contributed by atoms with van der Waals surface area (Å²) in [6, 6.07) is 6.79. The molecule has 7 heteroatoms. The number of pyridine rings is 1. The second-order valence-electron chi connectivity index (χ2n) is 5.62. The molecule has 3 rings (SSSR count). The minimum atomic E-state index is -0.127. The number of methoxy groups -OCH3 is 1. The maximum atomic E-state index is 12.3. The molecule has 0 unspecified atom stereocenters. The molecule has 24 heavy (non-hydrogen) atoms. The summed E-state index contributed by atoms with van der Waals surface area (Å²) >= 11 is 0. The zero-order chi connectivity index (χ0) is 16.9. The number of carbonyl (C=O) groups is 2. The molecular formula is C17H19N3O4. The quantitative estimate of drug-likeness (QED) is 0.929. The van der Waals surface area contributed by atoms with Crippen LogP contribution in [-0.4, -0.2) is 41.9 Å². The van der Waals surface area contributed by atoms with Gasteiger partial charge in [-0.3, -0.25) is 9.59 Å². The third kappa shape index (κ3) is 3.56. The number of ether oxygens (including phenoxy) is 1. The van der Waals surface area contributed by atoms with E-state index in [0.717, 1.165) is 0 Å². The second-order valence-corrected chi connectivity index (χ2v) is 5.62. The van der Waals surface area contributed by atoms with Gasteiger partial charge < -0.3 is 19.4 Å². The molecule has 1 saturated heterocycles. The summed E-state index contributed by atoms with van der Waals surface area (Å²) in [6.45, 7) is 1.08. The van der Waals surface area contributed by atoms with Crippen molar-refractivity contribution in [1.82, 2.24) is 9.88 Å². The van der Waals surface area contributed by atoms with E-state index in [2.05, 4.69) is 10.3 Å². The van der Waals surface area contributed by atoms with Crippen LogP contribution in [0.4, 0.5) is 5.69 Å². The highest BCUT2D eigenvalue weighted by atomic mass is 16.5. The van der Waals surface area contributed by atoms with Gasteiger partial charge in [-0.15, -0.1) is 0 Å². The van der Waals surface area contributed by atoms with Crippen molar-refractivity contribution in [2.45, 2.75) is 12.8 Å². The maximum Gasteiger partial charge on any atom is 0.289 e. The van der Waals surface area contributed by atoms with Crippen molar-refractivity contribution in [3.05, 3.63) is 42.5 Å². The number of furan rings is 1. The number of likely N-dealkylation sites (tertiary alicyclic amines) is 1. The summed E-state index contributed by atoms with van der Waals surface area (Å²) in [6.07, 6.45) is 4.30. The molecule has 2 aromatic heterocycles. The van der Waals surface area contributed by atoms with E-state index >= 15 is 0 Å². The van der Waals surface area contributed by atoms with Crippen molar-refractivity contribution in [2.75, 3.05) is 25.5 Å². The highest BCUT2D eigenvalue weighted by Gasteiger charge is 2.28. The van der Waals surface area contributed by atoms with Crippen molar-refractivity contribution in [2.24, 2.45) is 5.92 Å². The molecule has 0 aliphatic carbocycles. The third-order valence-electron chi connectivity index (χ3n) is 4.10. The smallest absolute Gasteiger partial charge is 0.289 e. The zero-order valence-corrected chi connectivity index (χ0v) is 13.4. The van der Waals surface area contributed by atoms with Crippen LogP contribution in [0, 0.1) is 5.92 Å². The fourth-order valence-electron chi connectivity index (χ4n) is 2.72. The molecule has 0 saturated carbocycles. The SMILES string of the molecule is COc1ccc(NC(=O)C2CCN(C(=O)c3ccco3)CC2)cn1. The lowest BCUT2D eigenvalue weighted by atomic mass is 9.95. The number of anilines is 1. The average Bonchev–Trinajstić information content (AvgIpc) is 3.16. The van der Waals surface area contributed by atoms with Crippen LogP contribution in [0.1, 0.15) is 23.4 Å². The average molecular weight is 329 g/mol. The Balaban J connectivity index is 1.52. The number of amides is 2. The first-order valence-electron chi connectivity index (χ1n) is 7.81. The Kier molecular flexibility index (Phi) is 4.79. The van der Waals surface area contributed by atoms with Gasteiger partial charge in [0.1, 0.15) is 0 Å². The highest BCUT2D eigenvalue weighted by molar-refractivity contribution is 5.93. The molecule has 0 aromatic carbocycles. The van der Waals surface area contributed by atoms with E-state index < -0.39 is 0 Å². The zero-order valence-electron chi connectivity index (χ0n) is 13.4. The number of piperidine rings is 1. The van der Waals surface area contributed by atoms with Gasteiger partial charge in [0.25, 0.3) is 5.91 Å². The molecule has 1 aliphatic heterocycles. The van der Waals surface area contributed by atoms with E-state index in [0.29, 0.717) is 43.3 Å². The van der Waals surface area contributed by atoms with Crippen molar-refractivity contribution in [3.8, 4) is 5.88 Å². The van der Waals surface area contributed by atoms with Gasteiger partial charge in [0.15, 0.2) is 5.76 Å². The highest BCUT2D eigenvalue weighted by Crippen LogP contribution is 2.21. The molecule has 0 bridgehead atoms. The molecule has 1 N–H and O–H groups in total. The van der Waals surface area contributed by atoms with Crippen LogP contribution in [0.3, 0.4) is 0 Å². The van der Waals surface area contributed by atoms with Gasteiger partial charge in [0, 0.05) is 25.1 Å². The molecule has 3 heterocycles. The lowest BCUT2D eigenvalue weighted by molar-refractivity contribution is -0.121. The molecular weight excluding hydrogens is 310 g/mol. The van der Waals surface area contributed by atoms with Crippen molar-refractivity contribution < 1.29 is 18.7 Å². The first-order chi connectivity index (χ1) is 11.7. The third-order valence-corrected chi connectivity index (χ3v) is 4.10. The largest absolute Gasteiger partial charge is 0.481 e. The molecule has 0 spiro atoms. The summed E-state index contributed by atoms with van der Waals surface area (Å²) in [4.78, 5) is 30.3. The van der Waals surface area contributed by atoms with E-state index in [1.54, 1.807) is 42.5 Å². The lowest BCUT2D eigenvalue weighted by Crippen LogP contribution is -2.41. The monoisotopic (exact) mass is 329 g/mol. The minimum Gasteiger partial charge on any atom is -0.481 e. The van der Waals surface area contributed by atoms with Crippen molar-refractivity contribution >= 4 is 17.5 Å². The number of hydrogen-bond donors (Lipinski definition) is 1.